The van der Waals surface area contributed by atoms with Gasteiger partial charge in [-0.1, -0.05) is 25.7 Å². The van der Waals surface area contributed by atoms with E-state index in [1.807, 2.05) is 0 Å². The Hall–Kier alpha value is 0.310. The molecule has 0 aliphatic heterocycles. The smallest absolute Gasteiger partial charge is 0.00384 e. The number of thiol groups is 1. The minimum atomic E-state index is 0.686. The molecule has 1 atom stereocenters. The number of hydrogen-bond acceptors (Lipinski definition) is 2. The van der Waals surface area contributed by atoms with Crippen LogP contribution in [0.3, 0.4) is 0 Å². The highest BCUT2D eigenvalue weighted by Crippen LogP contribution is 2.31. The van der Waals surface area contributed by atoms with Crippen LogP contribution < -0.4 is 5.73 Å². The summed E-state index contributed by atoms with van der Waals surface area (Å²) in [6, 6.07) is 0. The Kier molecular flexibility index (Phi) is 3.57. The highest BCUT2D eigenvalue weighted by molar-refractivity contribution is 7.80. The van der Waals surface area contributed by atoms with Crippen molar-refractivity contribution in [1.29, 1.82) is 0 Å². The average molecular weight is 159 g/mol. The summed E-state index contributed by atoms with van der Waals surface area (Å²) >= 11 is 4.29. The van der Waals surface area contributed by atoms with Gasteiger partial charge in [0.2, 0.25) is 0 Å². The molecule has 0 spiro atoms. The van der Waals surface area contributed by atoms with Gasteiger partial charge in [0.05, 0.1) is 0 Å². The van der Waals surface area contributed by atoms with Crippen LogP contribution in [0.1, 0.15) is 25.7 Å². The maximum absolute atomic E-state index is 5.61. The van der Waals surface area contributed by atoms with E-state index in [9.17, 15) is 0 Å². The van der Waals surface area contributed by atoms with Crippen molar-refractivity contribution in [2.24, 2.45) is 17.6 Å². The number of hydrogen-bond donors (Lipinski definition) is 2. The molecule has 1 unspecified atom stereocenters. The van der Waals surface area contributed by atoms with Gasteiger partial charge in [0.15, 0.2) is 0 Å². The summed E-state index contributed by atoms with van der Waals surface area (Å²) < 4.78 is 0. The van der Waals surface area contributed by atoms with Crippen molar-refractivity contribution in [3.8, 4) is 0 Å². The number of rotatable bonds is 3. The molecule has 1 fully saturated rings. The highest BCUT2D eigenvalue weighted by atomic mass is 32.1. The lowest BCUT2D eigenvalue weighted by Crippen LogP contribution is -2.23. The Labute approximate surface area is 68.8 Å². The molecule has 1 aliphatic carbocycles. The van der Waals surface area contributed by atoms with Gasteiger partial charge in [0, 0.05) is 0 Å². The van der Waals surface area contributed by atoms with E-state index in [2.05, 4.69) is 12.6 Å². The van der Waals surface area contributed by atoms with Gasteiger partial charge >= 0.3 is 0 Å². The second kappa shape index (κ2) is 4.24. The Morgan fingerprint density at radius 3 is 2.40 bits per heavy atom. The Bertz CT molecular complexity index is 85.3. The van der Waals surface area contributed by atoms with E-state index in [0.29, 0.717) is 5.92 Å². The first-order valence-corrected chi connectivity index (χ1v) is 4.82. The summed E-state index contributed by atoms with van der Waals surface area (Å²) in [6.45, 7) is 0.828. The standard InChI is InChI=1S/C8H17NS/c9-5-8(6-10)7-3-1-2-4-7/h7-8,10H,1-6,9H2. The third kappa shape index (κ3) is 1.89. The van der Waals surface area contributed by atoms with E-state index in [1.165, 1.54) is 25.7 Å². The monoisotopic (exact) mass is 159 g/mol. The molecule has 0 radical (unpaired) electrons. The van der Waals surface area contributed by atoms with Crippen LogP contribution in [-0.2, 0) is 0 Å². The van der Waals surface area contributed by atoms with Crippen LogP contribution >= 0.6 is 12.6 Å². The Morgan fingerprint density at radius 1 is 1.40 bits per heavy atom. The second-order valence-corrected chi connectivity index (χ2v) is 3.59. The molecule has 0 heterocycles. The van der Waals surface area contributed by atoms with E-state index in [4.69, 9.17) is 5.73 Å². The van der Waals surface area contributed by atoms with Crippen molar-refractivity contribution >= 4 is 12.6 Å². The molecule has 1 aliphatic rings. The molecular formula is C8H17NS. The van der Waals surface area contributed by atoms with Crippen LogP contribution in [0.5, 0.6) is 0 Å². The average Bonchev–Trinajstić information content (AvgIpc) is 2.43. The van der Waals surface area contributed by atoms with E-state index < -0.39 is 0 Å². The first kappa shape index (κ1) is 8.41. The SMILES string of the molecule is NCC(CS)C1CCCC1. The van der Waals surface area contributed by atoms with Crippen LogP contribution in [0.15, 0.2) is 0 Å². The topological polar surface area (TPSA) is 26.0 Å². The van der Waals surface area contributed by atoms with Crippen LogP contribution in [0.4, 0.5) is 0 Å². The van der Waals surface area contributed by atoms with Gasteiger partial charge in [-0.3, -0.25) is 0 Å². The highest BCUT2D eigenvalue weighted by Gasteiger charge is 2.22. The van der Waals surface area contributed by atoms with E-state index in [-0.39, 0.29) is 0 Å². The zero-order valence-corrected chi connectivity index (χ0v) is 7.32. The molecule has 60 valence electrons. The van der Waals surface area contributed by atoms with Crippen LogP contribution in [0, 0.1) is 11.8 Å². The molecule has 0 saturated heterocycles. The Balaban J connectivity index is 2.29. The maximum atomic E-state index is 5.61. The minimum Gasteiger partial charge on any atom is -0.330 e. The second-order valence-electron chi connectivity index (χ2n) is 3.22. The third-order valence-corrected chi connectivity index (χ3v) is 3.07. The van der Waals surface area contributed by atoms with Crippen molar-refractivity contribution in [3.05, 3.63) is 0 Å². The van der Waals surface area contributed by atoms with Crippen molar-refractivity contribution in [3.63, 3.8) is 0 Å². The van der Waals surface area contributed by atoms with Crippen molar-refractivity contribution < 1.29 is 0 Å². The molecule has 0 aromatic heterocycles. The predicted molar refractivity (Wildman–Crippen MR) is 48.4 cm³/mol. The fourth-order valence-electron chi connectivity index (χ4n) is 1.84. The minimum absolute atomic E-state index is 0.686. The van der Waals surface area contributed by atoms with Crippen molar-refractivity contribution in [2.75, 3.05) is 12.3 Å². The van der Waals surface area contributed by atoms with Gasteiger partial charge < -0.3 is 5.73 Å². The van der Waals surface area contributed by atoms with Crippen LogP contribution in [0.2, 0.25) is 0 Å². The van der Waals surface area contributed by atoms with Crippen LogP contribution in [-0.4, -0.2) is 12.3 Å². The summed E-state index contributed by atoms with van der Waals surface area (Å²) in [4.78, 5) is 0. The van der Waals surface area contributed by atoms with Gasteiger partial charge in [-0.25, -0.2) is 0 Å². The lowest BCUT2D eigenvalue weighted by Gasteiger charge is -2.18. The lowest BCUT2D eigenvalue weighted by atomic mass is 9.93. The van der Waals surface area contributed by atoms with E-state index >= 15 is 0 Å². The summed E-state index contributed by atoms with van der Waals surface area (Å²) in [7, 11) is 0. The predicted octanol–water partition coefficient (Wildman–Crippen LogP) is 1.68. The molecule has 0 bridgehead atoms. The third-order valence-electron chi connectivity index (χ3n) is 2.60. The summed E-state index contributed by atoms with van der Waals surface area (Å²) in [6.07, 6.45) is 5.61. The lowest BCUT2D eigenvalue weighted by molar-refractivity contribution is 0.382. The molecule has 0 aromatic rings. The summed E-state index contributed by atoms with van der Waals surface area (Å²) in [5.41, 5.74) is 5.61. The first-order chi connectivity index (χ1) is 4.88. The molecule has 0 aromatic carbocycles. The largest absolute Gasteiger partial charge is 0.330 e. The van der Waals surface area contributed by atoms with Gasteiger partial charge in [0.25, 0.3) is 0 Å². The molecule has 1 saturated carbocycles. The van der Waals surface area contributed by atoms with Crippen molar-refractivity contribution in [1.82, 2.24) is 0 Å². The quantitative estimate of drug-likeness (QED) is 0.602. The molecular weight excluding hydrogens is 142 g/mol. The fourth-order valence-corrected chi connectivity index (χ4v) is 2.29. The molecule has 1 nitrogen and oxygen atoms in total. The fraction of sp³-hybridized carbons (Fsp3) is 1.00. The molecule has 2 heteroatoms. The van der Waals surface area contributed by atoms with Gasteiger partial charge in [0.1, 0.15) is 0 Å². The summed E-state index contributed by atoms with van der Waals surface area (Å²) in [5.74, 6) is 2.55. The normalized spacial score (nSPS) is 23.4. The van der Waals surface area contributed by atoms with Crippen molar-refractivity contribution in [2.45, 2.75) is 25.7 Å². The summed E-state index contributed by atoms with van der Waals surface area (Å²) in [5, 5.41) is 0. The molecule has 0 amide bonds. The van der Waals surface area contributed by atoms with Gasteiger partial charge in [-0.05, 0) is 24.1 Å². The number of nitrogens with two attached hydrogens (primary N) is 1. The van der Waals surface area contributed by atoms with E-state index in [1.54, 1.807) is 0 Å². The molecule has 10 heavy (non-hydrogen) atoms. The zero-order chi connectivity index (χ0) is 7.40. The molecule has 1 rings (SSSR count). The maximum Gasteiger partial charge on any atom is -0.00384 e. The first-order valence-electron chi connectivity index (χ1n) is 4.19. The van der Waals surface area contributed by atoms with Crippen LogP contribution in [0.25, 0.3) is 0 Å². The van der Waals surface area contributed by atoms with Gasteiger partial charge in [-0.2, -0.15) is 12.6 Å². The van der Waals surface area contributed by atoms with Gasteiger partial charge in [-0.15, -0.1) is 0 Å². The Morgan fingerprint density at radius 2 is 2.00 bits per heavy atom. The van der Waals surface area contributed by atoms with E-state index in [0.717, 1.165) is 18.2 Å². The zero-order valence-electron chi connectivity index (χ0n) is 6.42. The molecule has 2 N–H and O–H groups in total.